The van der Waals surface area contributed by atoms with Crippen LogP contribution in [0.1, 0.15) is 20.3 Å². The van der Waals surface area contributed by atoms with Crippen LogP contribution in [-0.4, -0.2) is 43.1 Å². The van der Waals surface area contributed by atoms with Crippen molar-refractivity contribution in [2.75, 3.05) is 43.9 Å². The van der Waals surface area contributed by atoms with Crippen molar-refractivity contribution in [1.82, 2.24) is 9.88 Å². The van der Waals surface area contributed by atoms with Crippen molar-refractivity contribution in [1.29, 1.82) is 0 Å². The van der Waals surface area contributed by atoms with Gasteiger partial charge in [-0.15, -0.1) is 0 Å². The van der Waals surface area contributed by atoms with Gasteiger partial charge in [0.25, 0.3) is 0 Å². The standard InChI is InChI=1S/C13H24N4/c1-4-10-17(5-2)11-9-15-13-8-6-7-12(14-3)16-13/h6-8H,4-5,9-11H2,1-3H3,(H2,14,15,16). The number of aromatic nitrogens is 1. The van der Waals surface area contributed by atoms with Gasteiger partial charge in [-0.3, -0.25) is 0 Å². The Morgan fingerprint density at radius 1 is 1.18 bits per heavy atom. The SMILES string of the molecule is CCCN(CC)CCNc1cccc(NC)n1. The quantitative estimate of drug-likeness (QED) is 0.726. The first-order chi connectivity index (χ1) is 8.30. The Kier molecular flexibility index (Phi) is 6.40. The molecule has 0 aromatic carbocycles. The summed E-state index contributed by atoms with van der Waals surface area (Å²) in [5.74, 6) is 1.83. The van der Waals surface area contributed by atoms with Gasteiger partial charge in [-0.05, 0) is 31.6 Å². The first kappa shape index (κ1) is 13.8. The second kappa shape index (κ2) is 7.90. The van der Waals surface area contributed by atoms with Crippen LogP contribution in [0.25, 0.3) is 0 Å². The Morgan fingerprint density at radius 3 is 2.59 bits per heavy atom. The Hall–Kier alpha value is -1.29. The molecule has 0 amide bonds. The molecule has 0 aliphatic carbocycles. The van der Waals surface area contributed by atoms with Crippen molar-refractivity contribution < 1.29 is 0 Å². The maximum Gasteiger partial charge on any atom is 0.128 e. The van der Waals surface area contributed by atoms with E-state index >= 15 is 0 Å². The fourth-order valence-electron chi connectivity index (χ4n) is 1.76. The smallest absolute Gasteiger partial charge is 0.128 e. The van der Waals surface area contributed by atoms with Gasteiger partial charge in [-0.25, -0.2) is 4.98 Å². The summed E-state index contributed by atoms with van der Waals surface area (Å²) in [6.07, 6.45) is 1.21. The molecule has 0 atom stereocenters. The van der Waals surface area contributed by atoms with Crippen LogP contribution in [0.5, 0.6) is 0 Å². The molecular weight excluding hydrogens is 212 g/mol. The summed E-state index contributed by atoms with van der Waals surface area (Å²) in [6, 6.07) is 5.96. The summed E-state index contributed by atoms with van der Waals surface area (Å²) < 4.78 is 0. The molecule has 0 aliphatic heterocycles. The Bertz CT molecular complexity index is 314. The molecule has 0 spiro atoms. The topological polar surface area (TPSA) is 40.2 Å². The molecule has 0 fully saturated rings. The summed E-state index contributed by atoms with van der Waals surface area (Å²) in [5, 5.41) is 6.39. The van der Waals surface area contributed by atoms with Gasteiger partial charge >= 0.3 is 0 Å². The van der Waals surface area contributed by atoms with Crippen LogP contribution in [-0.2, 0) is 0 Å². The summed E-state index contributed by atoms with van der Waals surface area (Å²) in [7, 11) is 1.88. The monoisotopic (exact) mass is 236 g/mol. The molecule has 0 saturated heterocycles. The van der Waals surface area contributed by atoms with Gasteiger partial charge in [-0.2, -0.15) is 0 Å². The molecule has 17 heavy (non-hydrogen) atoms. The number of hydrogen-bond acceptors (Lipinski definition) is 4. The largest absolute Gasteiger partial charge is 0.373 e. The summed E-state index contributed by atoms with van der Waals surface area (Å²) in [4.78, 5) is 6.86. The van der Waals surface area contributed by atoms with Crippen LogP contribution in [0.3, 0.4) is 0 Å². The van der Waals surface area contributed by atoms with E-state index in [1.165, 1.54) is 13.0 Å². The van der Waals surface area contributed by atoms with Crippen LogP contribution in [0, 0.1) is 0 Å². The summed E-state index contributed by atoms with van der Waals surface area (Å²) >= 11 is 0. The number of rotatable bonds is 8. The second-order valence-electron chi connectivity index (χ2n) is 4.02. The van der Waals surface area contributed by atoms with Crippen LogP contribution in [0.2, 0.25) is 0 Å². The molecule has 0 unspecified atom stereocenters. The highest BCUT2D eigenvalue weighted by Crippen LogP contribution is 2.07. The highest BCUT2D eigenvalue weighted by atomic mass is 15.1. The van der Waals surface area contributed by atoms with Gasteiger partial charge in [0.2, 0.25) is 0 Å². The van der Waals surface area contributed by atoms with Gasteiger partial charge in [0.1, 0.15) is 11.6 Å². The first-order valence-corrected chi connectivity index (χ1v) is 6.41. The zero-order chi connectivity index (χ0) is 12.5. The van der Waals surface area contributed by atoms with Gasteiger partial charge in [-0.1, -0.05) is 19.9 Å². The maximum absolute atomic E-state index is 4.42. The van der Waals surface area contributed by atoms with Crippen LogP contribution in [0.15, 0.2) is 18.2 Å². The molecule has 0 bridgehead atoms. The van der Waals surface area contributed by atoms with Crippen LogP contribution >= 0.6 is 0 Å². The minimum absolute atomic E-state index is 0.899. The predicted octanol–water partition coefficient (Wildman–Crippen LogP) is 2.27. The number of anilines is 2. The molecule has 1 aromatic rings. The van der Waals surface area contributed by atoms with Crippen LogP contribution in [0.4, 0.5) is 11.6 Å². The Balaban J connectivity index is 2.34. The van der Waals surface area contributed by atoms with E-state index < -0.39 is 0 Å². The zero-order valence-electron chi connectivity index (χ0n) is 11.2. The van der Waals surface area contributed by atoms with Crippen molar-refractivity contribution in [3.63, 3.8) is 0 Å². The molecule has 0 radical (unpaired) electrons. The molecule has 1 aromatic heterocycles. The lowest BCUT2D eigenvalue weighted by atomic mass is 10.4. The van der Waals surface area contributed by atoms with E-state index in [0.29, 0.717) is 0 Å². The van der Waals surface area contributed by atoms with Crippen LogP contribution < -0.4 is 10.6 Å². The number of nitrogens with one attached hydrogen (secondary N) is 2. The molecule has 4 nitrogen and oxygen atoms in total. The second-order valence-corrected chi connectivity index (χ2v) is 4.02. The summed E-state index contributed by atoms with van der Waals surface area (Å²) in [6.45, 7) is 8.70. The van der Waals surface area contributed by atoms with Gasteiger partial charge in [0.05, 0.1) is 0 Å². The van der Waals surface area contributed by atoms with Crippen molar-refractivity contribution in [3.05, 3.63) is 18.2 Å². The van der Waals surface area contributed by atoms with Crippen molar-refractivity contribution in [2.45, 2.75) is 20.3 Å². The average Bonchev–Trinajstić information content (AvgIpc) is 2.38. The molecule has 1 rings (SSSR count). The van der Waals surface area contributed by atoms with Gasteiger partial charge in [0, 0.05) is 20.1 Å². The zero-order valence-corrected chi connectivity index (χ0v) is 11.2. The van der Waals surface area contributed by atoms with Crippen molar-refractivity contribution in [3.8, 4) is 0 Å². The fraction of sp³-hybridized carbons (Fsp3) is 0.615. The molecule has 96 valence electrons. The average molecular weight is 236 g/mol. The van der Waals surface area contributed by atoms with E-state index in [0.717, 1.165) is 31.3 Å². The third-order valence-electron chi connectivity index (χ3n) is 2.73. The van der Waals surface area contributed by atoms with Crippen molar-refractivity contribution >= 4 is 11.6 Å². The van der Waals surface area contributed by atoms with E-state index in [9.17, 15) is 0 Å². The Labute approximate surface area is 104 Å². The molecule has 2 N–H and O–H groups in total. The van der Waals surface area contributed by atoms with E-state index in [1.807, 2.05) is 25.2 Å². The fourth-order valence-corrected chi connectivity index (χ4v) is 1.76. The number of likely N-dealkylation sites (N-methyl/N-ethyl adjacent to an activating group) is 1. The van der Waals surface area contributed by atoms with E-state index in [1.54, 1.807) is 0 Å². The molecule has 0 saturated carbocycles. The predicted molar refractivity (Wildman–Crippen MR) is 74.7 cm³/mol. The lowest BCUT2D eigenvalue weighted by molar-refractivity contribution is 0.300. The van der Waals surface area contributed by atoms with E-state index in [2.05, 4.69) is 34.4 Å². The molecule has 1 heterocycles. The van der Waals surface area contributed by atoms with Gasteiger partial charge < -0.3 is 15.5 Å². The number of pyridine rings is 1. The highest BCUT2D eigenvalue weighted by molar-refractivity contribution is 5.44. The lowest BCUT2D eigenvalue weighted by Crippen LogP contribution is -2.29. The third kappa shape index (κ3) is 5.04. The first-order valence-electron chi connectivity index (χ1n) is 6.41. The van der Waals surface area contributed by atoms with E-state index in [4.69, 9.17) is 0 Å². The number of hydrogen-bond donors (Lipinski definition) is 2. The minimum Gasteiger partial charge on any atom is -0.373 e. The Morgan fingerprint density at radius 2 is 1.94 bits per heavy atom. The molecule has 0 aliphatic rings. The van der Waals surface area contributed by atoms with E-state index in [-0.39, 0.29) is 0 Å². The summed E-state index contributed by atoms with van der Waals surface area (Å²) in [5.41, 5.74) is 0. The lowest BCUT2D eigenvalue weighted by Gasteiger charge is -2.19. The van der Waals surface area contributed by atoms with Crippen molar-refractivity contribution in [2.24, 2.45) is 0 Å². The van der Waals surface area contributed by atoms with Gasteiger partial charge in [0.15, 0.2) is 0 Å². The number of nitrogens with zero attached hydrogens (tertiary/aromatic N) is 2. The normalized spacial score (nSPS) is 10.6. The minimum atomic E-state index is 0.899. The maximum atomic E-state index is 4.42. The highest BCUT2D eigenvalue weighted by Gasteiger charge is 2.00. The molecular formula is C13H24N4. The third-order valence-corrected chi connectivity index (χ3v) is 2.73. The molecule has 4 heteroatoms.